The van der Waals surface area contributed by atoms with Crippen LogP contribution in [0.3, 0.4) is 0 Å². The second-order valence-corrected chi connectivity index (χ2v) is 4.27. The van der Waals surface area contributed by atoms with Crippen molar-refractivity contribution >= 4 is 17.6 Å². The van der Waals surface area contributed by atoms with E-state index in [0.717, 1.165) is 16.8 Å². The first-order chi connectivity index (χ1) is 8.11. The summed E-state index contributed by atoms with van der Waals surface area (Å²) < 4.78 is 4.60. The Balaban J connectivity index is 2.23. The molecule has 1 aliphatic rings. The highest BCUT2D eigenvalue weighted by Gasteiger charge is 2.29. The van der Waals surface area contributed by atoms with Crippen LogP contribution in [-0.2, 0) is 20.7 Å². The van der Waals surface area contributed by atoms with Gasteiger partial charge in [0.05, 0.1) is 19.4 Å². The van der Waals surface area contributed by atoms with Crippen LogP contribution >= 0.6 is 0 Å². The van der Waals surface area contributed by atoms with Gasteiger partial charge in [0.15, 0.2) is 0 Å². The number of nitrogens with one attached hydrogen (secondary N) is 1. The molecule has 1 unspecified atom stereocenters. The summed E-state index contributed by atoms with van der Waals surface area (Å²) in [5.41, 5.74) is 3.11. The van der Waals surface area contributed by atoms with Crippen LogP contribution in [0.4, 0.5) is 5.69 Å². The van der Waals surface area contributed by atoms with E-state index >= 15 is 0 Å². The number of hydrogen-bond donors (Lipinski definition) is 1. The molecule has 1 N–H and O–H groups in total. The highest BCUT2D eigenvalue weighted by atomic mass is 16.5. The third-order valence-electron chi connectivity index (χ3n) is 3.13. The zero-order valence-electron chi connectivity index (χ0n) is 9.95. The van der Waals surface area contributed by atoms with Crippen LogP contribution in [-0.4, -0.2) is 19.0 Å². The minimum absolute atomic E-state index is 0.103. The number of hydrogen-bond acceptors (Lipinski definition) is 3. The summed E-state index contributed by atoms with van der Waals surface area (Å²) in [5.74, 6) is -0.772. The molecule has 4 heteroatoms. The lowest BCUT2D eigenvalue weighted by molar-refractivity contribution is -0.143. The van der Waals surface area contributed by atoms with Gasteiger partial charge in [0.25, 0.3) is 0 Å². The largest absolute Gasteiger partial charge is 0.469 e. The van der Waals surface area contributed by atoms with Crippen LogP contribution in [0.15, 0.2) is 18.2 Å². The molecule has 0 saturated heterocycles. The number of rotatable bonds is 2. The summed E-state index contributed by atoms with van der Waals surface area (Å²) in [6.07, 6.45) is 0.735. The topological polar surface area (TPSA) is 55.4 Å². The molecule has 0 bridgehead atoms. The fourth-order valence-electron chi connectivity index (χ4n) is 2.11. The van der Waals surface area contributed by atoms with Gasteiger partial charge in [0, 0.05) is 5.69 Å². The summed E-state index contributed by atoms with van der Waals surface area (Å²) in [6.45, 7) is 2.01. The third-order valence-corrected chi connectivity index (χ3v) is 3.13. The number of carbonyl (C=O) groups excluding carboxylic acids is 2. The first kappa shape index (κ1) is 11.6. The SMILES string of the molecule is COC(=O)CC1Cc2c(C)cccc2NC1=O. The molecule has 1 heterocycles. The van der Waals surface area contributed by atoms with Gasteiger partial charge in [-0.15, -0.1) is 0 Å². The quantitative estimate of drug-likeness (QED) is 0.790. The zero-order chi connectivity index (χ0) is 12.4. The molecular weight excluding hydrogens is 218 g/mol. The molecule has 0 fully saturated rings. The summed E-state index contributed by atoms with van der Waals surface area (Å²) >= 11 is 0. The summed E-state index contributed by atoms with van der Waals surface area (Å²) in [7, 11) is 1.34. The predicted molar refractivity (Wildman–Crippen MR) is 63.6 cm³/mol. The van der Waals surface area contributed by atoms with E-state index in [1.54, 1.807) is 0 Å². The minimum Gasteiger partial charge on any atom is -0.469 e. The van der Waals surface area contributed by atoms with Crippen molar-refractivity contribution in [3.63, 3.8) is 0 Å². The van der Waals surface area contributed by atoms with Crippen LogP contribution in [0.1, 0.15) is 17.5 Å². The van der Waals surface area contributed by atoms with Gasteiger partial charge in [-0.25, -0.2) is 0 Å². The molecule has 17 heavy (non-hydrogen) atoms. The number of fused-ring (bicyclic) bond motifs is 1. The van der Waals surface area contributed by atoms with Crippen molar-refractivity contribution < 1.29 is 14.3 Å². The molecule has 2 rings (SSSR count). The Morgan fingerprint density at radius 1 is 1.53 bits per heavy atom. The number of aryl methyl sites for hydroxylation is 1. The Morgan fingerprint density at radius 3 is 3.00 bits per heavy atom. The Labute approximate surface area is 100.0 Å². The van der Waals surface area contributed by atoms with E-state index in [1.807, 2.05) is 25.1 Å². The molecule has 0 saturated carbocycles. The Kier molecular flexibility index (Phi) is 3.13. The summed E-state index contributed by atoms with van der Waals surface area (Å²) in [6, 6.07) is 5.80. The number of anilines is 1. The average molecular weight is 233 g/mol. The number of methoxy groups -OCH3 is 1. The van der Waals surface area contributed by atoms with Gasteiger partial charge in [0.2, 0.25) is 5.91 Å². The highest BCUT2D eigenvalue weighted by Crippen LogP contribution is 2.29. The summed E-state index contributed by atoms with van der Waals surface area (Å²) in [5, 5.41) is 2.83. The molecule has 1 aliphatic heterocycles. The van der Waals surface area contributed by atoms with Crippen molar-refractivity contribution in [3.05, 3.63) is 29.3 Å². The smallest absolute Gasteiger partial charge is 0.306 e. The Bertz CT molecular complexity index is 468. The van der Waals surface area contributed by atoms with E-state index in [9.17, 15) is 9.59 Å². The number of ether oxygens (including phenoxy) is 1. The van der Waals surface area contributed by atoms with Crippen molar-refractivity contribution in [3.8, 4) is 0 Å². The summed E-state index contributed by atoms with van der Waals surface area (Å²) in [4.78, 5) is 23.0. The van der Waals surface area contributed by atoms with Crippen molar-refractivity contribution in [2.45, 2.75) is 19.8 Å². The molecule has 0 aromatic heterocycles. The van der Waals surface area contributed by atoms with Crippen LogP contribution in [0, 0.1) is 12.8 Å². The van der Waals surface area contributed by atoms with Crippen molar-refractivity contribution in [2.75, 3.05) is 12.4 Å². The monoisotopic (exact) mass is 233 g/mol. The molecular formula is C13H15NO3. The van der Waals surface area contributed by atoms with Gasteiger partial charge in [0.1, 0.15) is 0 Å². The lowest BCUT2D eigenvalue weighted by atomic mass is 9.88. The maximum Gasteiger partial charge on any atom is 0.306 e. The first-order valence-corrected chi connectivity index (χ1v) is 5.58. The number of esters is 1. The third kappa shape index (κ3) is 2.30. The molecule has 1 atom stereocenters. The Hall–Kier alpha value is -1.84. The second-order valence-electron chi connectivity index (χ2n) is 4.27. The number of benzene rings is 1. The molecule has 4 nitrogen and oxygen atoms in total. The molecule has 0 radical (unpaired) electrons. The number of amides is 1. The van der Waals surface area contributed by atoms with Crippen LogP contribution < -0.4 is 5.32 Å². The molecule has 90 valence electrons. The van der Waals surface area contributed by atoms with Gasteiger partial charge in [-0.3, -0.25) is 9.59 Å². The van der Waals surface area contributed by atoms with Crippen LogP contribution in [0.5, 0.6) is 0 Å². The van der Waals surface area contributed by atoms with Gasteiger partial charge in [-0.2, -0.15) is 0 Å². The highest BCUT2D eigenvalue weighted by molar-refractivity contribution is 5.97. The van der Waals surface area contributed by atoms with Crippen molar-refractivity contribution in [1.82, 2.24) is 0 Å². The van der Waals surface area contributed by atoms with E-state index < -0.39 is 0 Å². The second kappa shape index (κ2) is 4.57. The Morgan fingerprint density at radius 2 is 2.29 bits per heavy atom. The molecule has 0 spiro atoms. The van der Waals surface area contributed by atoms with Crippen LogP contribution in [0.2, 0.25) is 0 Å². The zero-order valence-corrected chi connectivity index (χ0v) is 9.95. The normalized spacial score (nSPS) is 18.2. The van der Waals surface area contributed by atoms with E-state index in [1.165, 1.54) is 7.11 Å². The molecule has 1 amide bonds. The minimum atomic E-state index is -0.345. The van der Waals surface area contributed by atoms with Gasteiger partial charge < -0.3 is 10.1 Å². The maximum absolute atomic E-state index is 11.8. The standard InChI is InChI=1S/C13H15NO3/c1-8-4-3-5-11-10(8)6-9(13(16)14-11)7-12(15)17-2/h3-5,9H,6-7H2,1-2H3,(H,14,16). The van der Waals surface area contributed by atoms with Gasteiger partial charge in [-0.05, 0) is 30.5 Å². The van der Waals surface area contributed by atoms with E-state index in [4.69, 9.17) is 0 Å². The lowest BCUT2D eigenvalue weighted by Gasteiger charge is -2.25. The molecule has 0 aliphatic carbocycles. The molecule has 1 aromatic carbocycles. The maximum atomic E-state index is 11.8. The fourth-order valence-corrected chi connectivity index (χ4v) is 2.11. The van der Waals surface area contributed by atoms with Gasteiger partial charge >= 0.3 is 5.97 Å². The van der Waals surface area contributed by atoms with Crippen LogP contribution in [0.25, 0.3) is 0 Å². The van der Waals surface area contributed by atoms with E-state index in [0.29, 0.717) is 6.42 Å². The number of carbonyl (C=O) groups is 2. The van der Waals surface area contributed by atoms with Crippen molar-refractivity contribution in [2.24, 2.45) is 5.92 Å². The lowest BCUT2D eigenvalue weighted by Crippen LogP contribution is -2.32. The average Bonchev–Trinajstić information content (AvgIpc) is 2.31. The fraction of sp³-hybridized carbons (Fsp3) is 0.385. The van der Waals surface area contributed by atoms with Gasteiger partial charge in [-0.1, -0.05) is 12.1 Å². The van der Waals surface area contributed by atoms with E-state index in [-0.39, 0.29) is 24.2 Å². The van der Waals surface area contributed by atoms with E-state index in [2.05, 4.69) is 10.1 Å². The van der Waals surface area contributed by atoms with Crippen molar-refractivity contribution in [1.29, 1.82) is 0 Å². The first-order valence-electron chi connectivity index (χ1n) is 5.58. The molecule has 1 aromatic rings. The predicted octanol–water partition coefficient (Wildman–Crippen LogP) is 1.67.